The minimum atomic E-state index is -0.0743. The first-order valence-corrected chi connectivity index (χ1v) is 6.45. The van der Waals surface area contributed by atoms with Crippen molar-refractivity contribution in [1.82, 2.24) is 0 Å². The Hall–Kier alpha value is -2.55. The summed E-state index contributed by atoms with van der Waals surface area (Å²) in [6.45, 7) is 2.04. The zero-order chi connectivity index (χ0) is 14.1. The van der Waals surface area contributed by atoms with E-state index in [9.17, 15) is 4.79 Å². The van der Waals surface area contributed by atoms with Crippen LogP contribution in [0, 0.1) is 6.92 Å². The molecular formula is C17H15NO2. The number of methoxy groups -OCH3 is 1. The number of ether oxygens (including phenoxy) is 1. The number of anilines is 1. The summed E-state index contributed by atoms with van der Waals surface area (Å²) in [5.74, 6) is 0.671. The third-order valence-corrected chi connectivity index (χ3v) is 3.36. The van der Waals surface area contributed by atoms with Crippen LogP contribution < -0.4 is 10.1 Å². The summed E-state index contributed by atoms with van der Waals surface area (Å²) in [7, 11) is 1.62. The molecule has 3 nitrogen and oxygen atoms in total. The van der Waals surface area contributed by atoms with Gasteiger partial charge in [0, 0.05) is 16.8 Å². The second-order valence-electron chi connectivity index (χ2n) is 4.84. The average Bonchev–Trinajstić information content (AvgIpc) is 2.74. The monoisotopic (exact) mass is 265 g/mol. The maximum absolute atomic E-state index is 12.1. The van der Waals surface area contributed by atoms with Crippen LogP contribution in [0.3, 0.4) is 0 Å². The predicted molar refractivity (Wildman–Crippen MR) is 80.7 cm³/mol. The Labute approximate surface area is 117 Å². The van der Waals surface area contributed by atoms with E-state index in [1.54, 1.807) is 7.11 Å². The summed E-state index contributed by atoms with van der Waals surface area (Å²) in [6.07, 6.45) is 1.91. The van der Waals surface area contributed by atoms with Crippen molar-refractivity contribution in [3.05, 3.63) is 59.2 Å². The highest BCUT2D eigenvalue weighted by molar-refractivity contribution is 6.35. The van der Waals surface area contributed by atoms with Gasteiger partial charge in [-0.15, -0.1) is 0 Å². The van der Waals surface area contributed by atoms with Crippen molar-refractivity contribution in [3.63, 3.8) is 0 Å². The fourth-order valence-electron chi connectivity index (χ4n) is 2.36. The van der Waals surface area contributed by atoms with E-state index < -0.39 is 0 Å². The van der Waals surface area contributed by atoms with Crippen LogP contribution in [0.25, 0.3) is 11.6 Å². The van der Waals surface area contributed by atoms with Crippen LogP contribution in [0.5, 0.6) is 5.75 Å². The number of nitrogens with one attached hydrogen (secondary N) is 1. The van der Waals surface area contributed by atoms with Crippen molar-refractivity contribution in [2.24, 2.45) is 0 Å². The molecule has 0 saturated carbocycles. The van der Waals surface area contributed by atoms with E-state index in [4.69, 9.17) is 4.74 Å². The molecule has 2 aromatic carbocycles. The number of benzene rings is 2. The molecule has 3 rings (SSSR count). The molecule has 0 radical (unpaired) electrons. The van der Waals surface area contributed by atoms with Crippen molar-refractivity contribution in [2.75, 3.05) is 12.4 Å². The molecule has 0 atom stereocenters. The minimum Gasteiger partial charge on any atom is -0.497 e. The van der Waals surface area contributed by atoms with Crippen LogP contribution in [-0.4, -0.2) is 13.0 Å². The number of hydrogen-bond acceptors (Lipinski definition) is 2. The number of fused-ring (bicyclic) bond motifs is 1. The van der Waals surface area contributed by atoms with Crippen LogP contribution in [0.4, 0.5) is 5.69 Å². The Kier molecular flexibility index (Phi) is 3.03. The highest BCUT2D eigenvalue weighted by atomic mass is 16.5. The van der Waals surface area contributed by atoms with E-state index >= 15 is 0 Å². The molecule has 0 bridgehead atoms. The predicted octanol–water partition coefficient (Wildman–Crippen LogP) is 3.50. The normalized spacial score (nSPS) is 15.1. The lowest BCUT2D eigenvalue weighted by molar-refractivity contribution is -0.110. The van der Waals surface area contributed by atoms with Crippen molar-refractivity contribution < 1.29 is 9.53 Å². The number of aryl methyl sites for hydroxylation is 1. The second kappa shape index (κ2) is 4.85. The molecule has 0 aromatic heterocycles. The summed E-state index contributed by atoms with van der Waals surface area (Å²) < 4.78 is 5.23. The number of rotatable bonds is 2. The lowest BCUT2D eigenvalue weighted by atomic mass is 10.0. The molecule has 0 spiro atoms. The summed E-state index contributed by atoms with van der Waals surface area (Å²) >= 11 is 0. The van der Waals surface area contributed by atoms with E-state index in [1.165, 1.54) is 5.56 Å². The quantitative estimate of drug-likeness (QED) is 0.844. The van der Waals surface area contributed by atoms with E-state index in [-0.39, 0.29) is 5.91 Å². The maximum atomic E-state index is 12.1. The van der Waals surface area contributed by atoms with Gasteiger partial charge in [-0.05, 0) is 36.8 Å². The lowest BCUT2D eigenvalue weighted by Crippen LogP contribution is -2.03. The fraction of sp³-hybridized carbons (Fsp3) is 0.118. The molecule has 0 unspecified atom stereocenters. The zero-order valence-electron chi connectivity index (χ0n) is 11.4. The highest BCUT2D eigenvalue weighted by Crippen LogP contribution is 2.35. The van der Waals surface area contributed by atoms with Crippen molar-refractivity contribution in [2.45, 2.75) is 6.92 Å². The number of carbonyl (C=O) groups is 1. The molecule has 3 heteroatoms. The van der Waals surface area contributed by atoms with Crippen molar-refractivity contribution in [1.29, 1.82) is 0 Å². The Bertz CT molecular complexity index is 717. The number of amides is 1. The van der Waals surface area contributed by atoms with Gasteiger partial charge in [0.25, 0.3) is 5.91 Å². The first-order valence-electron chi connectivity index (χ1n) is 6.45. The SMILES string of the molecule is COc1ccc2c(c1)/C(=C\c1cccc(C)c1)C(=O)N2. The minimum absolute atomic E-state index is 0.0743. The van der Waals surface area contributed by atoms with Gasteiger partial charge in [-0.2, -0.15) is 0 Å². The Morgan fingerprint density at radius 1 is 1.15 bits per heavy atom. The maximum Gasteiger partial charge on any atom is 0.256 e. The molecule has 1 amide bonds. The van der Waals surface area contributed by atoms with Gasteiger partial charge in [-0.25, -0.2) is 0 Å². The molecule has 0 saturated heterocycles. The van der Waals surface area contributed by atoms with Gasteiger partial charge < -0.3 is 10.1 Å². The largest absolute Gasteiger partial charge is 0.497 e. The first-order chi connectivity index (χ1) is 9.67. The molecule has 1 heterocycles. The van der Waals surface area contributed by atoms with E-state index in [0.717, 1.165) is 22.6 Å². The topological polar surface area (TPSA) is 38.3 Å². The smallest absolute Gasteiger partial charge is 0.256 e. The summed E-state index contributed by atoms with van der Waals surface area (Å²) in [5, 5.41) is 2.87. The average molecular weight is 265 g/mol. The molecule has 0 aliphatic carbocycles. The third kappa shape index (κ3) is 2.18. The molecular weight excluding hydrogens is 250 g/mol. The van der Waals surface area contributed by atoms with E-state index in [2.05, 4.69) is 11.4 Å². The van der Waals surface area contributed by atoms with Crippen molar-refractivity contribution >= 4 is 23.2 Å². The lowest BCUT2D eigenvalue weighted by Gasteiger charge is -2.03. The molecule has 1 N–H and O–H groups in total. The second-order valence-corrected chi connectivity index (χ2v) is 4.84. The molecule has 0 fully saturated rings. The Morgan fingerprint density at radius 3 is 2.75 bits per heavy atom. The summed E-state index contributed by atoms with van der Waals surface area (Å²) in [5.41, 5.74) is 4.57. The Morgan fingerprint density at radius 2 is 2.00 bits per heavy atom. The number of hydrogen-bond donors (Lipinski definition) is 1. The molecule has 1 aliphatic heterocycles. The van der Waals surface area contributed by atoms with Crippen molar-refractivity contribution in [3.8, 4) is 5.75 Å². The molecule has 100 valence electrons. The van der Waals surface area contributed by atoms with Gasteiger partial charge in [0.15, 0.2) is 0 Å². The van der Waals surface area contributed by atoms with Gasteiger partial charge in [-0.1, -0.05) is 29.8 Å². The first kappa shape index (κ1) is 12.5. The van der Waals surface area contributed by atoms with Crippen LogP contribution in [0.1, 0.15) is 16.7 Å². The van der Waals surface area contributed by atoms with Crippen LogP contribution in [0.15, 0.2) is 42.5 Å². The zero-order valence-corrected chi connectivity index (χ0v) is 11.4. The van der Waals surface area contributed by atoms with Gasteiger partial charge in [-0.3, -0.25) is 4.79 Å². The van der Waals surface area contributed by atoms with Gasteiger partial charge in [0.1, 0.15) is 5.75 Å². The third-order valence-electron chi connectivity index (χ3n) is 3.36. The van der Waals surface area contributed by atoms with Crippen LogP contribution >= 0.6 is 0 Å². The van der Waals surface area contributed by atoms with E-state index in [1.807, 2.05) is 49.4 Å². The van der Waals surface area contributed by atoms with Gasteiger partial charge in [0.05, 0.1) is 7.11 Å². The van der Waals surface area contributed by atoms with Crippen LogP contribution in [0.2, 0.25) is 0 Å². The summed E-state index contributed by atoms with van der Waals surface area (Å²) in [4.78, 5) is 12.1. The van der Waals surface area contributed by atoms with E-state index in [0.29, 0.717) is 5.57 Å². The fourth-order valence-corrected chi connectivity index (χ4v) is 2.36. The number of carbonyl (C=O) groups excluding carboxylic acids is 1. The van der Waals surface area contributed by atoms with Gasteiger partial charge >= 0.3 is 0 Å². The molecule has 20 heavy (non-hydrogen) atoms. The molecule has 1 aliphatic rings. The van der Waals surface area contributed by atoms with Crippen LogP contribution in [-0.2, 0) is 4.79 Å². The summed E-state index contributed by atoms with van der Waals surface area (Å²) in [6, 6.07) is 13.7. The standard InChI is InChI=1S/C17H15NO2/c1-11-4-3-5-12(8-11)9-15-14-10-13(20-2)6-7-16(14)18-17(15)19/h3-10H,1-2H3,(H,18,19)/b15-9+. The van der Waals surface area contributed by atoms with Gasteiger partial charge in [0.2, 0.25) is 0 Å². The highest BCUT2D eigenvalue weighted by Gasteiger charge is 2.24. The Balaban J connectivity index is 2.09. The molecule has 2 aromatic rings.